The molecule has 2 aromatic carbocycles. The molecular formula is C23H23O2+. The SMILES string of the molecule is CC=C1C=CC(COc2ccc(Cc3ccc(OC)cc3)cc2)=C[CH+]1. The predicted molar refractivity (Wildman–Crippen MR) is 103 cm³/mol. The average molecular weight is 331 g/mol. The first-order chi connectivity index (χ1) is 12.3. The molecule has 1 aliphatic rings. The lowest BCUT2D eigenvalue weighted by molar-refractivity contribution is 0.355. The molecule has 0 heterocycles. The molecule has 0 aromatic heterocycles. The van der Waals surface area contributed by atoms with Crippen molar-refractivity contribution >= 4 is 0 Å². The Morgan fingerprint density at radius 1 is 0.880 bits per heavy atom. The van der Waals surface area contributed by atoms with E-state index in [4.69, 9.17) is 9.47 Å². The second kappa shape index (κ2) is 8.29. The van der Waals surface area contributed by atoms with Crippen molar-refractivity contribution in [1.29, 1.82) is 0 Å². The van der Waals surface area contributed by atoms with Gasteiger partial charge in [-0.1, -0.05) is 24.3 Å². The highest BCUT2D eigenvalue weighted by molar-refractivity contribution is 5.43. The minimum absolute atomic E-state index is 0.585. The molecule has 1 aliphatic carbocycles. The van der Waals surface area contributed by atoms with Gasteiger partial charge in [-0.05, 0) is 54.8 Å². The molecule has 0 fully saturated rings. The van der Waals surface area contributed by atoms with Crippen LogP contribution in [-0.4, -0.2) is 13.7 Å². The summed E-state index contributed by atoms with van der Waals surface area (Å²) in [7, 11) is 1.68. The van der Waals surface area contributed by atoms with Crippen LogP contribution in [0, 0.1) is 6.42 Å². The summed E-state index contributed by atoms with van der Waals surface area (Å²) in [5.41, 5.74) is 4.93. The third-order valence-corrected chi connectivity index (χ3v) is 4.21. The zero-order valence-electron chi connectivity index (χ0n) is 14.7. The first-order valence-corrected chi connectivity index (χ1v) is 8.50. The van der Waals surface area contributed by atoms with Crippen molar-refractivity contribution in [3.8, 4) is 11.5 Å². The fourth-order valence-electron chi connectivity index (χ4n) is 2.66. The zero-order chi connectivity index (χ0) is 17.5. The van der Waals surface area contributed by atoms with Crippen molar-refractivity contribution in [1.82, 2.24) is 0 Å². The van der Waals surface area contributed by atoms with Crippen LogP contribution in [-0.2, 0) is 6.42 Å². The molecular weight excluding hydrogens is 308 g/mol. The fraction of sp³-hybridized carbons (Fsp3) is 0.174. The van der Waals surface area contributed by atoms with Gasteiger partial charge in [0.15, 0.2) is 0 Å². The molecule has 0 unspecified atom stereocenters. The van der Waals surface area contributed by atoms with E-state index in [1.165, 1.54) is 22.3 Å². The second-order valence-corrected chi connectivity index (χ2v) is 5.99. The van der Waals surface area contributed by atoms with Crippen molar-refractivity contribution in [3.63, 3.8) is 0 Å². The van der Waals surface area contributed by atoms with E-state index in [9.17, 15) is 0 Å². The Labute approximate surface area is 150 Å². The van der Waals surface area contributed by atoms with Crippen molar-refractivity contribution < 1.29 is 9.47 Å². The maximum Gasteiger partial charge on any atom is 0.146 e. The van der Waals surface area contributed by atoms with E-state index in [1.807, 2.05) is 31.2 Å². The van der Waals surface area contributed by atoms with Crippen LogP contribution in [0.4, 0.5) is 0 Å². The number of allylic oxidation sites excluding steroid dienone is 4. The maximum atomic E-state index is 5.87. The molecule has 0 saturated carbocycles. The predicted octanol–water partition coefficient (Wildman–Crippen LogP) is 5.31. The van der Waals surface area contributed by atoms with Gasteiger partial charge in [-0.25, -0.2) is 0 Å². The van der Waals surface area contributed by atoms with Gasteiger partial charge in [0.1, 0.15) is 18.1 Å². The molecule has 0 aliphatic heterocycles. The topological polar surface area (TPSA) is 18.5 Å². The summed E-state index contributed by atoms with van der Waals surface area (Å²) in [6.45, 7) is 2.63. The molecule has 2 heteroatoms. The minimum Gasteiger partial charge on any atom is -0.497 e. The van der Waals surface area contributed by atoms with Crippen LogP contribution in [0.2, 0.25) is 0 Å². The number of methoxy groups -OCH3 is 1. The quantitative estimate of drug-likeness (QED) is 0.668. The van der Waals surface area contributed by atoms with E-state index in [2.05, 4.69) is 55.0 Å². The first kappa shape index (κ1) is 17.0. The number of rotatable bonds is 6. The molecule has 0 bridgehead atoms. The molecule has 0 atom stereocenters. The van der Waals surface area contributed by atoms with Gasteiger partial charge in [-0.2, -0.15) is 0 Å². The summed E-state index contributed by atoms with van der Waals surface area (Å²) in [5.74, 6) is 1.78. The molecule has 3 rings (SSSR count). The van der Waals surface area contributed by atoms with Gasteiger partial charge in [-0.15, -0.1) is 0 Å². The molecule has 0 N–H and O–H groups in total. The number of ether oxygens (including phenoxy) is 2. The lowest BCUT2D eigenvalue weighted by Gasteiger charge is -2.08. The Morgan fingerprint density at radius 3 is 2.04 bits per heavy atom. The molecule has 0 radical (unpaired) electrons. The Morgan fingerprint density at radius 2 is 1.52 bits per heavy atom. The van der Waals surface area contributed by atoms with E-state index in [0.717, 1.165) is 17.9 Å². The molecule has 126 valence electrons. The average Bonchev–Trinajstić information content (AvgIpc) is 2.68. The molecule has 0 amide bonds. The van der Waals surface area contributed by atoms with Crippen molar-refractivity contribution in [3.05, 3.63) is 102 Å². The molecule has 0 spiro atoms. The standard InChI is InChI=1S/C23H23O2/c1-3-18-4-6-21(7-5-18)17-25-23-14-10-20(11-15-23)16-19-8-12-22(24-2)13-9-19/h3-15H,16-17H2,1-2H3/q+1. The smallest absolute Gasteiger partial charge is 0.146 e. The summed E-state index contributed by atoms with van der Waals surface area (Å²) in [5, 5.41) is 0. The normalized spacial score (nSPS) is 14.8. The first-order valence-electron chi connectivity index (χ1n) is 8.50. The largest absolute Gasteiger partial charge is 0.497 e. The fourth-order valence-corrected chi connectivity index (χ4v) is 2.66. The maximum absolute atomic E-state index is 5.87. The Balaban J connectivity index is 1.53. The molecule has 25 heavy (non-hydrogen) atoms. The lowest BCUT2D eigenvalue weighted by Crippen LogP contribution is -2.02. The van der Waals surface area contributed by atoms with Crippen LogP contribution in [0.5, 0.6) is 11.5 Å². The van der Waals surface area contributed by atoms with Crippen LogP contribution < -0.4 is 9.47 Å². The highest BCUT2D eigenvalue weighted by Crippen LogP contribution is 2.19. The Kier molecular flexibility index (Phi) is 5.63. The lowest BCUT2D eigenvalue weighted by atomic mass is 10.0. The molecule has 2 nitrogen and oxygen atoms in total. The summed E-state index contributed by atoms with van der Waals surface area (Å²) in [6.07, 6.45) is 11.4. The highest BCUT2D eigenvalue weighted by atomic mass is 16.5. The van der Waals surface area contributed by atoms with Crippen molar-refractivity contribution in [2.45, 2.75) is 13.3 Å². The van der Waals surface area contributed by atoms with Gasteiger partial charge in [0, 0.05) is 24.6 Å². The Hall–Kier alpha value is -2.87. The van der Waals surface area contributed by atoms with E-state index in [0.29, 0.717) is 6.61 Å². The van der Waals surface area contributed by atoms with Crippen LogP contribution in [0.3, 0.4) is 0 Å². The van der Waals surface area contributed by atoms with Crippen LogP contribution >= 0.6 is 0 Å². The number of hydrogen-bond acceptors (Lipinski definition) is 2. The summed E-state index contributed by atoms with van der Waals surface area (Å²) >= 11 is 0. The summed E-state index contributed by atoms with van der Waals surface area (Å²) in [6, 6.07) is 16.5. The monoisotopic (exact) mass is 331 g/mol. The third kappa shape index (κ3) is 4.80. The van der Waals surface area contributed by atoms with Gasteiger partial charge in [0.05, 0.1) is 18.3 Å². The summed E-state index contributed by atoms with van der Waals surface area (Å²) in [4.78, 5) is 0. The van der Waals surface area contributed by atoms with E-state index in [1.54, 1.807) is 7.11 Å². The van der Waals surface area contributed by atoms with Gasteiger partial charge in [-0.3, -0.25) is 0 Å². The molecule has 2 aromatic rings. The van der Waals surface area contributed by atoms with Gasteiger partial charge >= 0.3 is 0 Å². The zero-order valence-corrected chi connectivity index (χ0v) is 14.7. The van der Waals surface area contributed by atoms with Gasteiger partial charge in [0.2, 0.25) is 0 Å². The summed E-state index contributed by atoms with van der Waals surface area (Å²) < 4.78 is 11.1. The van der Waals surface area contributed by atoms with Gasteiger partial charge < -0.3 is 9.47 Å². The van der Waals surface area contributed by atoms with Crippen molar-refractivity contribution in [2.24, 2.45) is 0 Å². The van der Waals surface area contributed by atoms with E-state index in [-0.39, 0.29) is 0 Å². The molecule has 0 saturated heterocycles. The number of hydrogen-bond donors (Lipinski definition) is 0. The second-order valence-electron chi connectivity index (χ2n) is 5.99. The number of benzene rings is 2. The third-order valence-electron chi connectivity index (χ3n) is 4.21. The Bertz CT molecular complexity index is 778. The van der Waals surface area contributed by atoms with E-state index >= 15 is 0 Å². The van der Waals surface area contributed by atoms with Crippen LogP contribution in [0.1, 0.15) is 18.1 Å². The van der Waals surface area contributed by atoms with Crippen LogP contribution in [0.25, 0.3) is 0 Å². The van der Waals surface area contributed by atoms with Gasteiger partial charge in [0.25, 0.3) is 0 Å². The highest BCUT2D eigenvalue weighted by Gasteiger charge is 2.09. The van der Waals surface area contributed by atoms with Crippen molar-refractivity contribution in [2.75, 3.05) is 13.7 Å². The minimum atomic E-state index is 0.585. The van der Waals surface area contributed by atoms with E-state index < -0.39 is 0 Å². The van der Waals surface area contributed by atoms with Crippen LogP contribution in [0.15, 0.2) is 84.0 Å².